The fraction of sp³-hybridized carbons (Fsp3) is 0.918. The van der Waals surface area contributed by atoms with Crippen molar-refractivity contribution in [3.63, 3.8) is 0 Å². The monoisotopic (exact) mass is 841 g/mol. The molecule has 0 bridgehead atoms. The molecule has 0 aliphatic rings. The summed E-state index contributed by atoms with van der Waals surface area (Å²) in [5.41, 5.74) is 0. The fourth-order valence-electron chi connectivity index (χ4n) is 7.79. The van der Waals surface area contributed by atoms with Crippen LogP contribution in [0.1, 0.15) is 245 Å². The predicted molar refractivity (Wildman–Crippen MR) is 248 cm³/mol. The summed E-state index contributed by atoms with van der Waals surface area (Å²) in [7, 11) is -3.18. The molecule has 8 nitrogen and oxygen atoms in total. The van der Waals surface area contributed by atoms with Crippen LogP contribution in [-0.2, 0) is 29.1 Å². The van der Waals surface area contributed by atoms with Crippen molar-refractivity contribution >= 4 is 22.0 Å². The first kappa shape index (κ1) is 56.5. The van der Waals surface area contributed by atoms with Gasteiger partial charge in [-0.1, -0.05) is 162 Å². The Morgan fingerprint density at radius 3 is 1.28 bits per heavy atom. The Labute approximate surface area is 360 Å². The molecule has 0 aromatic carbocycles. The van der Waals surface area contributed by atoms with E-state index in [1.165, 1.54) is 103 Å². The lowest BCUT2D eigenvalue weighted by atomic mass is 10.0. The van der Waals surface area contributed by atoms with E-state index in [9.17, 15) is 18.0 Å². The summed E-state index contributed by atoms with van der Waals surface area (Å²) in [6.07, 6.45) is 41.8. The Hall–Kier alpha value is -1.45. The first-order valence-corrected chi connectivity index (χ1v) is 26.7. The zero-order chi connectivity index (χ0) is 42.8. The van der Waals surface area contributed by atoms with Gasteiger partial charge in [-0.05, 0) is 90.3 Å². The maximum Gasteiger partial charge on any atom is 0.306 e. The van der Waals surface area contributed by atoms with Gasteiger partial charge in [0.2, 0.25) is 10.0 Å². The van der Waals surface area contributed by atoms with E-state index in [1.807, 2.05) is 6.08 Å². The van der Waals surface area contributed by atoms with Crippen molar-refractivity contribution < 1.29 is 27.5 Å². The summed E-state index contributed by atoms with van der Waals surface area (Å²) in [6.45, 7) is 14.0. The van der Waals surface area contributed by atoms with Crippen molar-refractivity contribution in [3.8, 4) is 0 Å². The zero-order valence-electron chi connectivity index (χ0n) is 38.8. The second-order valence-electron chi connectivity index (χ2n) is 17.3. The van der Waals surface area contributed by atoms with Crippen molar-refractivity contribution in [2.45, 2.75) is 258 Å². The fourth-order valence-corrected chi connectivity index (χ4v) is 8.30. The lowest BCUT2D eigenvalue weighted by molar-refractivity contribution is -0.150. The van der Waals surface area contributed by atoms with E-state index in [0.29, 0.717) is 19.4 Å². The number of rotatable bonds is 46. The molecule has 0 fully saturated rings. The van der Waals surface area contributed by atoms with Crippen LogP contribution in [0.2, 0.25) is 0 Å². The number of ether oxygens (including phenoxy) is 2. The predicted octanol–water partition coefficient (Wildman–Crippen LogP) is 13.6. The van der Waals surface area contributed by atoms with Crippen LogP contribution in [0.4, 0.5) is 0 Å². The van der Waals surface area contributed by atoms with E-state index >= 15 is 0 Å². The number of nitrogens with zero attached hydrogens (tertiary/aromatic N) is 1. The molecule has 0 aliphatic carbocycles. The topological polar surface area (TPSA) is 102 Å². The number of esters is 2. The Bertz CT molecular complexity index is 1020. The van der Waals surface area contributed by atoms with Gasteiger partial charge in [0.15, 0.2) is 0 Å². The minimum absolute atomic E-state index is 0.00765. The summed E-state index contributed by atoms with van der Waals surface area (Å²) in [4.78, 5) is 27.8. The first-order valence-electron chi connectivity index (χ1n) is 24.8. The number of carbonyl (C=O) groups is 2. The lowest BCUT2D eigenvalue weighted by Crippen LogP contribution is -2.31. The van der Waals surface area contributed by atoms with Crippen molar-refractivity contribution in [1.82, 2.24) is 9.62 Å². The molecule has 0 heterocycles. The number of sulfonamides is 1. The van der Waals surface area contributed by atoms with Gasteiger partial charge in [0.05, 0.1) is 6.26 Å². The highest BCUT2D eigenvalue weighted by atomic mass is 32.2. The van der Waals surface area contributed by atoms with Gasteiger partial charge in [0.1, 0.15) is 12.2 Å². The summed E-state index contributed by atoms with van der Waals surface area (Å²) >= 11 is 0. The first-order chi connectivity index (χ1) is 28.1. The van der Waals surface area contributed by atoms with E-state index in [1.54, 1.807) is 0 Å². The average Bonchev–Trinajstić information content (AvgIpc) is 3.18. The standard InChI is InChI=1S/C49H96N2O6S/c1-6-10-13-16-21-28-37-46(36-9-4)56-48(52)40-31-24-19-26-33-43-51(45-35-42-50-58(5,54)55)44-34-27-20-25-32-41-49(53)57-47(38-29-22-17-14-11-7-2)39-30-23-18-15-12-8-3/h9,46-47,50H,4,6-8,10-45H2,1-3,5H3. The second kappa shape index (κ2) is 42.2. The molecule has 0 amide bonds. The Morgan fingerprint density at radius 2 is 0.862 bits per heavy atom. The van der Waals surface area contributed by atoms with Crippen molar-refractivity contribution in [2.24, 2.45) is 0 Å². The van der Waals surface area contributed by atoms with Crippen molar-refractivity contribution in [3.05, 3.63) is 12.7 Å². The normalized spacial score (nSPS) is 12.4. The molecule has 0 rings (SSSR count). The van der Waals surface area contributed by atoms with Gasteiger partial charge in [-0.15, -0.1) is 6.58 Å². The van der Waals surface area contributed by atoms with E-state index in [4.69, 9.17) is 9.47 Å². The third-order valence-corrected chi connectivity index (χ3v) is 12.1. The molecule has 0 aromatic heterocycles. The maximum absolute atomic E-state index is 12.8. The number of nitrogens with one attached hydrogen (secondary N) is 1. The van der Waals surface area contributed by atoms with Gasteiger partial charge in [0, 0.05) is 25.8 Å². The van der Waals surface area contributed by atoms with Crippen LogP contribution in [0.5, 0.6) is 0 Å². The second-order valence-corrected chi connectivity index (χ2v) is 19.1. The van der Waals surface area contributed by atoms with E-state index < -0.39 is 10.0 Å². The molecule has 1 N–H and O–H groups in total. The summed E-state index contributed by atoms with van der Waals surface area (Å²) < 4.78 is 37.6. The zero-order valence-corrected chi connectivity index (χ0v) is 39.6. The van der Waals surface area contributed by atoms with Crippen LogP contribution >= 0.6 is 0 Å². The Balaban J connectivity index is 4.45. The molecule has 58 heavy (non-hydrogen) atoms. The molecule has 0 spiro atoms. The molecule has 9 heteroatoms. The smallest absolute Gasteiger partial charge is 0.306 e. The van der Waals surface area contributed by atoms with Crippen LogP contribution in [0.3, 0.4) is 0 Å². The van der Waals surface area contributed by atoms with Gasteiger partial charge < -0.3 is 14.4 Å². The molecular weight excluding hydrogens is 745 g/mol. The number of hydrogen-bond acceptors (Lipinski definition) is 7. The van der Waals surface area contributed by atoms with Crippen LogP contribution in [0, 0.1) is 0 Å². The van der Waals surface area contributed by atoms with Crippen molar-refractivity contribution in [1.29, 1.82) is 0 Å². The number of carbonyl (C=O) groups excluding carboxylic acids is 2. The third kappa shape index (κ3) is 41.3. The van der Waals surface area contributed by atoms with E-state index in [-0.39, 0.29) is 24.1 Å². The van der Waals surface area contributed by atoms with Crippen LogP contribution in [0.15, 0.2) is 12.7 Å². The molecule has 0 saturated heterocycles. The molecule has 1 atom stereocenters. The minimum atomic E-state index is -3.18. The quantitative estimate of drug-likeness (QED) is 0.0370. The average molecular weight is 841 g/mol. The lowest BCUT2D eigenvalue weighted by Gasteiger charge is -2.22. The van der Waals surface area contributed by atoms with Crippen LogP contribution in [0.25, 0.3) is 0 Å². The maximum atomic E-state index is 12.8. The molecular formula is C49H96N2O6S. The summed E-state index contributed by atoms with van der Waals surface area (Å²) in [5, 5.41) is 0. The minimum Gasteiger partial charge on any atom is -0.462 e. The number of hydrogen-bond donors (Lipinski definition) is 1. The van der Waals surface area contributed by atoms with Gasteiger partial charge in [0.25, 0.3) is 0 Å². The van der Waals surface area contributed by atoms with E-state index in [2.05, 4.69) is 37.0 Å². The van der Waals surface area contributed by atoms with Gasteiger partial charge in [-0.2, -0.15) is 0 Å². The number of unbranched alkanes of at least 4 members (excludes halogenated alkanes) is 23. The highest BCUT2D eigenvalue weighted by molar-refractivity contribution is 7.88. The van der Waals surface area contributed by atoms with Gasteiger partial charge in [-0.3, -0.25) is 9.59 Å². The largest absolute Gasteiger partial charge is 0.462 e. The summed E-state index contributed by atoms with van der Waals surface area (Å²) in [5.74, 6) is -0.0791. The molecule has 0 saturated carbocycles. The SMILES string of the molecule is C=CCC(CCCCCCCC)OC(=O)CCCCCCCN(CCCCCCCC(=O)OC(CCCCCCCC)CCCCCCCC)CCCNS(C)(=O)=O. The highest BCUT2D eigenvalue weighted by Crippen LogP contribution is 2.19. The Kier molecular flexibility index (Phi) is 41.2. The Morgan fingerprint density at radius 1 is 0.517 bits per heavy atom. The molecule has 0 radical (unpaired) electrons. The molecule has 1 unspecified atom stereocenters. The van der Waals surface area contributed by atoms with Crippen LogP contribution < -0.4 is 4.72 Å². The molecule has 344 valence electrons. The third-order valence-electron chi connectivity index (χ3n) is 11.4. The summed E-state index contributed by atoms with van der Waals surface area (Å²) in [6, 6.07) is 0. The van der Waals surface area contributed by atoms with Crippen molar-refractivity contribution in [2.75, 3.05) is 32.4 Å². The van der Waals surface area contributed by atoms with Crippen LogP contribution in [-0.4, -0.2) is 69.9 Å². The van der Waals surface area contributed by atoms with E-state index in [0.717, 1.165) is 135 Å². The van der Waals surface area contributed by atoms with Gasteiger partial charge in [-0.25, -0.2) is 13.1 Å². The van der Waals surface area contributed by atoms with Gasteiger partial charge >= 0.3 is 11.9 Å². The highest BCUT2D eigenvalue weighted by Gasteiger charge is 2.15. The molecule has 0 aliphatic heterocycles. The molecule has 0 aromatic rings.